The predicted octanol–water partition coefficient (Wildman–Crippen LogP) is 4.62. The van der Waals surface area contributed by atoms with Gasteiger partial charge in [0.1, 0.15) is 17.3 Å². The van der Waals surface area contributed by atoms with Crippen molar-refractivity contribution >= 4 is 5.69 Å². The topological polar surface area (TPSA) is 84.7 Å². The van der Waals surface area contributed by atoms with Crippen molar-refractivity contribution < 1.29 is 13.7 Å². The van der Waals surface area contributed by atoms with E-state index in [4.69, 9.17) is 0 Å². The predicted molar refractivity (Wildman–Crippen MR) is 92.5 cm³/mol. The van der Waals surface area contributed by atoms with Gasteiger partial charge in [0, 0.05) is 11.6 Å². The van der Waals surface area contributed by atoms with Crippen LogP contribution < -0.4 is 0 Å². The highest BCUT2D eigenvalue weighted by atomic mass is 19.1. The third-order valence-corrected chi connectivity index (χ3v) is 3.85. The maximum absolute atomic E-state index is 14.2. The van der Waals surface area contributed by atoms with Crippen LogP contribution in [-0.2, 0) is 5.41 Å². The first-order valence-corrected chi connectivity index (χ1v) is 7.84. The molecule has 0 unspecified atom stereocenters. The van der Waals surface area contributed by atoms with Gasteiger partial charge >= 0.3 is 0 Å². The average Bonchev–Trinajstić information content (AvgIpc) is 3.00. The molecule has 3 rings (SSSR count). The highest BCUT2D eigenvalue weighted by Gasteiger charge is 2.27. The molecular formula is C18H16F2N4O2. The Morgan fingerprint density at radius 3 is 2.50 bits per heavy atom. The monoisotopic (exact) mass is 358 g/mol. The molecule has 0 saturated heterocycles. The van der Waals surface area contributed by atoms with Gasteiger partial charge in [-0.1, -0.05) is 20.8 Å². The maximum Gasteiger partial charge on any atom is 0.281 e. The molecule has 0 saturated carbocycles. The van der Waals surface area contributed by atoms with E-state index in [2.05, 4.69) is 15.0 Å². The van der Waals surface area contributed by atoms with Crippen LogP contribution in [0.1, 0.15) is 26.6 Å². The summed E-state index contributed by atoms with van der Waals surface area (Å²) in [6.07, 6.45) is 1.31. The summed E-state index contributed by atoms with van der Waals surface area (Å²) in [5, 5.41) is 11.4. The number of benzene rings is 1. The lowest BCUT2D eigenvalue weighted by atomic mass is 9.96. The average molecular weight is 358 g/mol. The van der Waals surface area contributed by atoms with E-state index in [9.17, 15) is 18.9 Å². The van der Waals surface area contributed by atoms with Crippen molar-refractivity contribution in [2.75, 3.05) is 0 Å². The van der Waals surface area contributed by atoms with Gasteiger partial charge in [0.2, 0.25) is 5.95 Å². The third kappa shape index (κ3) is 3.17. The fraction of sp³-hybridized carbons (Fsp3) is 0.222. The molecule has 1 aromatic carbocycles. The largest absolute Gasteiger partial charge is 0.341 e. The second-order valence-corrected chi connectivity index (χ2v) is 6.82. The van der Waals surface area contributed by atoms with E-state index < -0.39 is 27.8 Å². The van der Waals surface area contributed by atoms with E-state index >= 15 is 0 Å². The van der Waals surface area contributed by atoms with Crippen molar-refractivity contribution in [2.24, 2.45) is 0 Å². The van der Waals surface area contributed by atoms with E-state index in [0.29, 0.717) is 5.82 Å². The minimum atomic E-state index is -0.735. The van der Waals surface area contributed by atoms with Crippen LogP contribution in [0.4, 0.5) is 14.5 Å². The standard InChI is InChI=1S/C18H16F2N4O2/c1-18(2,3)17-22-14(11-7-6-10(19)9-13(11)24(25)26)15(23-17)12-5-4-8-21-16(12)20/h4-9H,1-3H3,(H,22,23). The van der Waals surface area contributed by atoms with Crippen LogP contribution in [0.3, 0.4) is 0 Å². The Kier molecular flexibility index (Phi) is 4.27. The van der Waals surface area contributed by atoms with Crippen molar-refractivity contribution in [1.29, 1.82) is 0 Å². The van der Waals surface area contributed by atoms with Gasteiger partial charge < -0.3 is 4.98 Å². The number of imidazole rings is 1. The molecule has 0 amide bonds. The van der Waals surface area contributed by atoms with Crippen molar-refractivity contribution in [2.45, 2.75) is 26.2 Å². The van der Waals surface area contributed by atoms with Crippen LogP contribution in [0.15, 0.2) is 36.5 Å². The fourth-order valence-electron chi connectivity index (χ4n) is 2.55. The molecule has 8 heteroatoms. The Morgan fingerprint density at radius 1 is 1.15 bits per heavy atom. The number of halogens is 2. The van der Waals surface area contributed by atoms with Gasteiger partial charge in [-0.3, -0.25) is 10.1 Å². The number of nitrogens with one attached hydrogen (secondary N) is 1. The molecule has 0 atom stereocenters. The van der Waals surface area contributed by atoms with Crippen LogP contribution in [-0.4, -0.2) is 19.9 Å². The van der Waals surface area contributed by atoms with E-state index in [1.54, 1.807) is 6.07 Å². The van der Waals surface area contributed by atoms with Gasteiger partial charge in [-0.05, 0) is 24.3 Å². The molecular weight excluding hydrogens is 342 g/mol. The van der Waals surface area contributed by atoms with Gasteiger partial charge in [-0.15, -0.1) is 0 Å². The third-order valence-electron chi connectivity index (χ3n) is 3.85. The number of aromatic nitrogens is 3. The Bertz CT molecular complexity index is 993. The summed E-state index contributed by atoms with van der Waals surface area (Å²) in [7, 11) is 0. The second-order valence-electron chi connectivity index (χ2n) is 6.82. The quantitative estimate of drug-likeness (QED) is 0.420. The molecule has 1 N–H and O–H groups in total. The number of H-pyrrole nitrogens is 1. The minimum absolute atomic E-state index is 0.0985. The number of hydrogen-bond donors (Lipinski definition) is 1. The molecule has 0 aliphatic heterocycles. The van der Waals surface area contributed by atoms with Crippen LogP contribution in [0.5, 0.6) is 0 Å². The van der Waals surface area contributed by atoms with Gasteiger partial charge in [-0.25, -0.2) is 14.4 Å². The van der Waals surface area contributed by atoms with E-state index in [1.807, 2.05) is 20.8 Å². The second kappa shape index (κ2) is 6.29. The first kappa shape index (κ1) is 17.7. The molecule has 134 valence electrons. The molecule has 0 fully saturated rings. The molecule has 0 bridgehead atoms. The number of nitrogens with zero attached hydrogens (tertiary/aromatic N) is 3. The summed E-state index contributed by atoms with van der Waals surface area (Å²) in [5.74, 6) is -0.951. The summed E-state index contributed by atoms with van der Waals surface area (Å²) in [6, 6.07) is 6.26. The molecule has 26 heavy (non-hydrogen) atoms. The highest BCUT2D eigenvalue weighted by Crippen LogP contribution is 2.38. The lowest BCUT2D eigenvalue weighted by molar-refractivity contribution is -0.384. The van der Waals surface area contributed by atoms with Crippen LogP contribution in [0, 0.1) is 21.9 Å². The Hall–Kier alpha value is -3.16. The van der Waals surface area contributed by atoms with Gasteiger partial charge in [-0.2, -0.15) is 4.39 Å². The zero-order valence-electron chi connectivity index (χ0n) is 14.4. The zero-order chi connectivity index (χ0) is 19.1. The molecule has 0 radical (unpaired) electrons. The van der Waals surface area contributed by atoms with E-state index in [1.165, 1.54) is 18.3 Å². The molecule has 0 aliphatic rings. The number of nitro benzene ring substituents is 1. The summed E-state index contributed by atoms with van der Waals surface area (Å²) < 4.78 is 27.7. The summed E-state index contributed by atoms with van der Waals surface area (Å²) in [4.78, 5) is 21.8. The van der Waals surface area contributed by atoms with Gasteiger partial charge in [0.25, 0.3) is 5.69 Å². The Labute approximate surface area is 148 Å². The molecule has 2 aromatic heterocycles. The van der Waals surface area contributed by atoms with Crippen LogP contribution in [0.25, 0.3) is 22.5 Å². The lowest BCUT2D eigenvalue weighted by Crippen LogP contribution is -2.13. The summed E-state index contributed by atoms with van der Waals surface area (Å²) >= 11 is 0. The normalized spacial score (nSPS) is 11.6. The smallest absolute Gasteiger partial charge is 0.281 e. The van der Waals surface area contributed by atoms with Gasteiger partial charge in [0.15, 0.2) is 0 Å². The first-order chi connectivity index (χ1) is 12.2. The van der Waals surface area contributed by atoms with Crippen LogP contribution >= 0.6 is 0 Å². The zero-order valence-corrected chi connectivity index (χ0v) is 14.4. The number of pyridine rings is 1. The molecule has 0 aliphatic carbocycles. The minimum Gasteiger partial charge on any atom is -0.341 e. The molecule has 0 spiro atoms. The number of aromatic amines is 1. The Balaban J connectivity index is 2.33. The maximum atomic E-state index is 14.2. The summed E-state index contributed by atoms with van der Waals surface area (Å²) in [6.45, 7) is 5.70. The molecule has 3 aromatic rings. The first-order valence-electron chi connectivity index (χ1n) is 7.84. The SMILES string of the molecule is CC(C)(C)c1nc(-c2ccc(F)cc2[N+](=O)[O-])c(-c2cccnc2F)[nH]1. The van der Waals surface area contributed by atoms with E-state index in [0.717, 1.165) is 12.1 Å². The van der Waals surface area contributed by atoms with Crippen molar-refractivity contribution in [3.63, 3.8) is 0 Å². The Morgan fingerprint density at radius 2 is 1.88 bits per heavy atom. The number of rotatable bonds is 3. The number of hydrogen-bond acceptors (Lipinski definition) is 4. The van der Waals surface area contributed by atoms with Crippen LogP contribution in [0.2, 0.25) is 0 Å². The number of nitro groups is 1. The molecule has 6 nitrogen and oxygen atoms in total. The highest BCUT2D eigenvalue weighted by molar-refractivity contribution is 5.83. The van der Waals surface area contributed by atoms with Crippen molar-refractivity contribution in [3.8, 4) is 22.5 Å². The van der Waals surface area contributed by atoms with Crippen molar-refractivity contribution in [1.82, 2.24) is 15.0 Å². The summed E-state index contributed by atoms with van der Waals surface area (Å²) in [5.41, 5.74) is -0.197. The lowest BCUT2D eigenvalue weighted by Gasteiger charge is -2.14. The van der Waals surface area contributed by atoms with E-state index in [-0.39, 0.29) is 22.5 Å². The van der Waals surface area contributed by atoms with Crippen molar-refractivity contribution in [3.05, 3.63) is 64.2 Å². The fourth-order valence-corrected chi connectivity index (χ4v) is 2.55. The molecule has 2 heterocycles. The van der Waals surface area contributed by atoms with Gasteiger partial charge in [0.05, 0.1) is 27.8 Å².